The molecule has 0 fully saturated rings. The molecule has 7 nitrogen and oxygen atoms in total. The second-order valence-electron chi connectivity index (χ2n) is 25.5. The molecule has 0 spiro atoms. The van der Waals surface area contributed by atoms with Crippen molar-refractivity contribution in [3.63, 3.8) is 0 Å². The van der Waals surface area contributed by atoms with Gasteiger partial charge >= 0.3 is 6.16 Å². The first-order valence-corrected chi connectivity index (χ1v) is 40.4. The Balaban J connectivity index is -0.000000305. The molecule has 514 valence electrons. The summed E-state index contributed by atoms with van der Waals surface area (Å²) in [7, 11) is 6.07. The van der Waals surface area contributed by atoms with Crippen LogP contribution in [-0.2, 0) is 27.5 Å². The van der Waals surface area contributed by atoms with Gasteiger partial charge in [0, 0.05) is 35.5 Å². The van der Waals surface area contributed by atoms with E-state index in [0.29, 0.717) is 16.6 Å². The van der Waals surface area contributed by atoms with Gasteiger partial charge in [-0.1, -0.05) is 338 Å². The third-order valence-electron chi connectivity index (χ3n) is 14.1. The number of hydrogen-bond acceptors (Lipinski definition) is 7. The summed E-state index contributed by atoms with van der Waals surface area (Å²) in [4.78, 5) is 10.4. The standard InChI is InChI=1S/C13H30OSi.2C10H24OSi.5C8H8.C6H12O3.C2H6O/c1-11(2)8-15(14-7,9-12(3)4)10-13(5)6;1-8(2)12(11-7,9(3)4)10(5)6;1-5-8-12(11-4,9-6-2)10-7-3;5*1-2-8-6-4-3-5-7-8;1-6(2,3)9-5(7)8-4;1-3-2/h11-13H,8-10H2,1-7H3;8-10H,1-7H3;5-10H2,1-4H3;5*2-7H,1H2;1-4H3;1-2H3. The van der Waals surface area contributed by atoms with E-state index in [4.69, 9.17) is 18.0 Å². The van der Waals surface area contributed by atoms with Gasteiger partial charge in [0.1, 0.15) is 5.60 Å². The topological polar surface area (TPSA) is 72.5 Å². The molecule has 0 aliphatic heterocycles. The van der Waals surface area contributed by atoms with Crippen LogP contribution >= 0.6 is 0 Å². The molecular formula is C81H136O7Si3. The molecule has 0 bridgehead atoms. The third kappa shape index (κ3) is 51.7. The second-order valence-corrected chi connectivity index (χ2v) is 39.3. The molecule has 10 heteroatoms. The van der Waals surface area contributed by atoms with Gasteiger partial charge in [0.25, 0.3) is 0 Å². The maximum absolute atomic E-state index is 10.4. The zero-order valence-corrected chi connectivity index (χ0v) is 65.5. The number of ether oxygens (including phenoxy) is 3. The highest BCUT2D eigenvalue weighted by Gasteiger charge is 2.44. The molecule has 0 amide bonds. The van der Waals surface area contributed by atoms with Gasteiger partial charge in [-0.25, -0.2) is 4.79 Å². The van der Waals surface area contributed by atoms with Crippen molar-refractivity contribution < 1.29 is 32.3 Å². The molecule has 0 unspecified atom stereocenters. The lowest BCUT2D eigenvalue weighted by atomic mass is 10.2. The summed E-state index contributed by atoms with van der Waals surface area (Å²) in [5, 5.41) is 0. The van der Waals surface area contributed by atoms with Crippen molar-refractivity contribution in [3.8, 4) is 0 Å². The fraction of sp³-hybridized carbons (Fsp3) is 0.494. The number of benzene rings is 5. The lowest BCUT2D eigenvalue weighted by Gasteiger charge is -2.40. The minimum Gasteiger partial charge on any atom is -0.438 e. The lowest BCUT2D eigenvalue weighted by Crippen LogP contribution is -2.46. The summed E-state index contributed by atoms with van der Waals surface area (Å²) in [6.45, 7) is 58.0. The van der Waals surface area contributed by atoms with Gasteiger partial charge < -0.3 is 27.5 Å². The minimum atomic E-state index is -1.50. The molecule has 5 rings (SSSR count). The molecule has 0 aromatic heterocycles. The van der Waals surface area contributed by atoms with Crippen LogP contribution in [0.5, 0.6) is 0 Å². The van der Waals surface area contributed by atoms with E-state index in [1.165, 1.54) is 90.5 Å². The average molecular weight is 1310 g/mol. The van der Waals surface area contributed by atoms with Crippen LogP contribution in [0.1, 0.15) is 172 Å². The van der Waals surface area contributed by atoms with Gasteiger partial charge in [-0.05, 0) is 119 Å². The van der Waals surface area contributed by atoms with Gasteiger partial charge in [0.05, 0.1) is 7.11 Å². The van der Waals surface area contributed by atoms with Gasteiger partial charge in [-0.15, -0.1) is 0 Å². The second kappa shape index (κ2) is 59.6. The molecule has 0 N–H and O–H groups in total. The first-order valence-electron chi connectivity index (χ1n) is 33.2. The highest BCUT2D eigenvalue weighted by Crippen LogP contribution is 2.41. The van der Waals surface area contributed by atoms with E-state index in [-0.39, 0.29) is 0 Å². The number of carbonyl (C=O) groups is 1. The van der Waals surface area contributed by atoms with Crippen molar-refractivity contribution in [2.24, 2.45) is 17.8 Å². The Hall–Kier alpha value is -5.44. The van der Waals surface area contributed by atoms with E-state index >= 15 is 0 Å². The summed E-state index contributed by atoms with van der Waals surface area (Å²) in [5.74, 6) is 2.32. The monoisotopic (exact) mass is 1300 g/mol. The van der Waals surface area contributed by atoms with E-state index in [1.54, 1.807) is 35.0 Å². The quantitative estimate of drug-likeness (QED) is 0.0477. The normalized spacial score (nSPS) is 10.5. The van der Waals surface area contributed by atoms with Crippen LogP contribution in [0.3, 0.4) is 0 Å². The Morgan fingerprint density at radius 1 is 0.385 bits per heavy atom. The smallest absolute Gasteiger partial charge is 0.438 e. The van der Waals surface area contributed by atoms with Crippen molar-refractivity contribution in [2.75, 3.05) is 42.7 Å². The molecule has 5 aromatic rings. The highest BCUT2D eigenvalue weighted by molar-refractivity contribution is 6.77. The Bertz CT molecular complexity index is 2100. The number of methoxy groups -OCH3 is 2. The summed E-state index contributed by atoms with van der Waals surface area (Å²) >= 11 is 0. The van der Waals surface area contributed by atoms with Crippen LogP contribution in [0.2, 0.25) is 52.9 Å². The summed E-state index contributed by atoms with van der Waals surface area (Å²) in [5.41, 5.74) is 7.55. The maximum Gasteiger partial charge on any atom is 0.508 e. The Morgan fingerprint density at radius 3 is 0.681 bits per heavy atom. The first-order chi connectivity index (χ1) is 43.0. The highest BCUT2D eigenvalue weighted by atomic mass is 28.4. The van der Waals surface area contributed by atoms with Crippen molar-refractivity contribution >= 4 is 61.5 Å². The Labute approximate surface area is 565 Å². The van der Waals surface area contributed by atoms with Crippen molar-refractivity contribution in [1.82, 2.24) is 0 Å². The molecule has 0 radical (unpaired) electrons. The third-order valence-corrected chi connectivity index (χ3v) is 30.9. The van der Waals surface area contributed by atoms with Crippen LogP contribution in [0.25, 0.3) is 30.4 Å². The van der Waals surface area contributed by atoms with E-state index in [2.05, 4.69) is 146 Å². The largest absolute Gasteiger partial charge is 0.508 e. The van der Waals surface area contributed by atoms with Crippen LogP contribution in [-0.4, -0.2) is 79.4 Å². The molecular weight excluding hydrogens is 1170 g/mol. The van der Waals surface area contributed by atoms with Crippen molar-refractivity contribution in [1.29, 1.82) is 0 Å². The molecule has 0 aliphatic rings. The first kappa shape index (κ1) is 94.3. The predicted molar refractivity (Wildman–Crippen MR) is 417 cm³/mol. The van der Waals surface area contributed by atoms with Crippen LogP contribution < -0.4 is 0 Å². The van der Waals surface area contributed by atoms with E-state index in [9.17, 15) is 4.79 Å². The van der Waals surface area contributed by atoms with Gasteiger partial charge in [0.2, 0.25) is 0 Å². The molecule has 0 saturated carbocycles. The Kier molecular flexibility index (Phi) is 61.7. The van der Waals surface area contributed by atoms with E-state index < -0.39 is 36.7 Å². The van der Waals surface area contributed by atoms with Gasteiger partial charge in [0.15, 0.2) is 25.0 Å². The van der Waals surface area contributed by atoms with Crippen LogP contribution in [0.15, 0.2) is 185 Å². The summed E-state index contributed by atoms with van der Waals surface area (Å²) < 4.78 is 30.9. The van der Waals surface area contributed by atoms with Crippen molar-refractivity contribution in [2.45, 2.75) is 202 Å². The van der Waals surface area contributed by atoms with E-state index in [0.717, 1.165) is 17.8 Å². The fourth-order valence-electron chi connectivity index (χ4n) is 10.7. The maximum atomic E-state index is 10.4. The number of rotatable bonds is 23. The lowest BCUT2D eigenvalue weighted by molar-refractivity contribution is 0.00339. The zero-order chi connectivity index (χ0) is 70.7. The molecule has 0 saturated heterocycles. The summed E-state index contributed by atoms with van der Waals surface area (Å²) in [6.07, 6.45) is 12.4. The molecule has 91 heavy (non-hydrogen) atoms. The van der Waals surface area contributed by atoms with Crippen LogP contribution in [0, 0.1) is 17.8 Å². The Morgan fingerprint density at radius 2 is 0.593 bits per heavy atom. The van der Waals surface area contributed by atoms with Crippen LogP contribution in [0.4, 0.5) is 4.79 Å². The fourth-order valence-corrected chi connectivity index (χ4v) is 25.7. The predicted octanol–water partition coefficient (Wildman–Crippen LogP) is 25.6. The van der Waals surface area contributed by atoms with Gasteiger partial charge in [-0.2, -0.15) is 0 Å². The number of carbonyl (C=O) groups excluding carboxylic acids is 1. The SMILES string of the molecule is C=Cc1ccccc1.C=Cc1ccccc1.C=Cc1ccccc1.C=Cc1ccccc1.C=Cc1ccccc1.CCC[Si](CCC)(CCC)OC.COC.COC(=O)OC(C)(C)C.CO[Si](C(C)C)(C(C)C)C(C)C.CO[Si](CC(C)C)(CC(C)C)CC(C)C. The molecule has 0 heterocycles. The molecule has 0 aliphatic carbocycles. The molecule has 5 aromatic carbocycles. The minimum absolute atomic E-state index is 0.451. The van der Waals surface area contributed by atoms with Gasteiger partial charge in [-0.3, -0.25) is 0 Å². The average Bonchev–Trinajstić information content (AvgIpc) is 1.00. The van der Waals surface area contributed by atoms with Crippen molar-refractivity contribution in [3.05, 3.63) is 212 Å². The van der Waals surface area contributed by atoms with E-state index in [1.807, 2.05) is 203 Å². The summed E-state index contributed by atoms with van der Waals surface area (Å²) in [6, 6.07) is 58.2. The number of hydrogen-bond donors (Lipinski definition) is 0. The zero-order valence-electron chi connectivity index (χ0n) is 62.5. The molecule has 0 atom stereocenters.